The number of hydrogen-bond donors (Lipinski definition) is 2. The molecule has 1 aromatic carbocycles. The molecule has 0 unspecified atom stereocenters. The lowest BCUT2D eigenvalue weighted by Crippen LogP contribution is -2.42. The van der Waals surface area contributed by atoms with Crippen molar-refractivity contribution in [3.8, 4) is 5.75 Å². The maximum atomic E-state index is 12.2. The first-order valence-electron chi connectivity index (χ1n) is 6.95. The topological polar surface area (TPSA) is 65.5 Å². The largest absolute Gasteiger partial charge is 0.508 e. The molecule has 2 N–H and O–H groups in total. The van der Waals surface area contributed by atoms with Crippen molar-refractivity contribution in [3.63, 3.8) is 0 Å². The minimum Gasteiger partial charge on any atom is -0.508 e. The molecule has 5 nitrogen and oxygen atoms in total. The fraction of sp³-hybridized carbons (Fsp3) is 0.250. The van der Waals surface area contributed by atoms with Gasteiger partial charge < -0.3 is 15.3 Å². The summed E-state index contributed by atoms with van der Waals surface area (Å²) in [5, 5.41) is 12.4. The number of nitrogens with one attached hydrogen (secondary N) is 1. The molecule has 2 aromatic rings. The standard InChI is InChI=1S/C16H17N3O2/c20-15-4-3-13-5-7-19(11-14(13)8-15)16(21)18-10-12-2-1-6-17-9-12/h1-4,6,8-9,20H,5,7,10-11H2,(H,18,21). The Morgan fingerprint density at radius 1 is 1.33 bits per heavy atom. The Kier molecular flexibility index (Phi) is 3.73. The van der Waals surface area contributed by atoms with Crippen LogP contribution in [0.15, 0.2) is 42.7 Å². The summed E-state index contributed by atoms with van der Waals surface area (Å²) in [7, 11) is 0. The van der Waals surface area contributed by atoms with E-state index in [0.717, 1.165) is 17.5 Å². The van der Waals surface area contributed by atoms with Gasteiger partial charge in [0.25, 0.3) is 0 Å². The number of rotatable bonds is 2. The van der Waals surface area contributed by atoms with E-state index < -0.39 is 0 Å². The number of carbonyl (C=O) groups is 1. The number of fused-ring (bicyclic) bond motifs is 1. The van der Waals surface area contributed by atoms with Crippen molar-refractivity contribution < 1.29 is 9.90 Å². The molecular weight excluding hydrogens is 266 g/mol. The third-order valence-corrected chi connectivity index (χ3v) is 3.66. The number of carbonyl (C=O) groups excluding carboxylic acids is 1. The summed E-state index contributed by atoms with van der Waals surface area (Å²) >= 11 is 0. The van der Waals surface area contributed by atoms with Gasteiger partial charge in [0.05, 0.1) is 0 Å². The van der Waals surface area contributed by atoms with Gasteiger partial charge in [-0.3, -0.25) is 4.98 Å². The van der Waals surface area contributed by atoms with Crippen LogP contribution in [0, 0.1) is 0 Å². The predicted octanol–water partition coefficient (Wildman–Crippen LogP) is 2.06. The molecule has 0 fully saturated rings. The lowest BCUT2D eigenvalue weighted by molar-refractivity contribution is 0.192. The third kappa shape index (κ3) is 3.13. The molecule has 1 aliphatic heterocycles. The number of benzene rings is 1. The molecule has 0 aliphatic carbocycles. The zero-order valence-electron chi connectivity index (χ0n) is 11.6. The average molecular weight is 283 g/mol. The highest BCUT2D eigenvalue weighted by Crippen LogP contribution is 2.23. The molecule has 1 aromatic heterocycles. The zero-order chi connectivity index (χ0) is 14.7. The summed E-state index contributed by atoms with van der Waals surface area (Å²) in [4.78, 5) is 18.0. The average Bonchev–Trinajstić information content (AvgIpc) is 2.53. The molecule has 2 heterocycles. The Hall–Kier alpha value is -2.56. The van der Waals surface area contributed by atoms with Crippen molar-refractivity contribution in [2.45, 2.75) is 19.5 Å². The van der Waals surface area contributed by atoms with Crippen LogP contribution in [0.4, 0.5) is 4.79 Å². The zero-order valence-corrected chi connectivity index (χ0v) is 11.6. The first-order valence-corrected chi connectivity index (χ1v) is 6.95. The molecule has 0 saturated heterocycles. The highest BCUT2D eigenvalue weighted by atomic mass is 16.3. The summed E-state index contributed by atoms with van der Waals surface area (Å²) in [5.41, 5.74) is 3.18. The van der Waals surface area contributed by atoms with E-state index >= 15 is 0 Å². The fourth-order valence-electron chi connectivity index (χ4n) is 2.51. The molecule has 0 bridgehead atoms. The van der Waals surface area contributed by atoms with E-state index in [2.05, 4.69) is 10.3 Å². The van der Waals surface area contributed by atoms with Crippen LogP contribution in [0.1, 0.15) is 16.7 Å². The summed E-state index contributed by atoms with van der Waals surface area (Å²) in [6.45, 7) is 1.69. The van der Waals surface area contributed by atoms with E-state index in [-0.39, 0.29) is 11.8 Å². The van der Waals surface area contributed by atoms with Crippen LogP contribution >= 0.6 is 0 Å². The summed E-state index contributed by atoms with van der Waals surface area (Å²) in [6, 6.07) is 9.04. The van der Waals surface area contributed by atoms with Crippen LogP contribution in [0.5, 0.6) is 5.75 Å². The van der Waals surface area contributed by atoms with Gasteiger partial charge in [-0.25, -0.2) is 4.79 Å². The van der Waals surface area contributed by atoms with Crippen LogP contribution in [0.3, 0.4) is 0 Å². The first-order chi connectivity index (χ1) is 10.2. The van der Waals surface area contributed by atoms with E-state index in [1.807, 2.05) is 18.2 Å². The van der Waals surface area contributed by atoms with Gasteiger partial charge >= 0.3 is 6.03 Å². The molecule has 5 heteroatoms. The lowest BCUT2D eigenvalue weighted by atomic mass is 10.00. The maximum absolute atomic E-state index is 12.2. The number of pyridine rings is 1. The number of aromatic hydroxyl groups is 1. The van der Waals surface area contributed by atoms with Crippen LogP contribution < -0.4 is 5.32 Å². The van der Waals surface area contributed by atoms with Crippen LogP contribution in [0.25, 0.3) is 0 Å². The van der Waals surface area contributed by atoms with Gasteiger partial charge in [0.2, 0.25) is 0 Å². The van der Waals surface area contributed by atoms with Crippen molar-refractivity contribution in [3.05, 3.63) is 59.4 Å². The molecule has 0 saturated carbocycles. The molecule has 3 rings (SSSR count). The Balaban J connectivity index is 1.61. The van der Waals surface area contributed by atoms with Crippen LogP contribution in [-0.4, -0.2) is 27.6 Å². The van der Waals surface area contributed by atoms with Crippen molar-refractivity contribution in [1.29, 1.82) is 0 Å². The molecule has 21 heavy (non-hydrogen) atoms. The van der Waals surface area contributed by atoms with Crippen molar-refractivity contribution in [2.24, 2.45) is 0 Å². The fourth-order valence-corrected chi connectivity index (χ4v) is 2.51. The second-order valence-corrected chi connectivity index (χ2v) is 5.14. The Morgan fingerprint density at radius 3 is 3.05 bits per heavy atom. The Labute approximate surface area is 123 Å². The molecule has 1 aliphatic rings. The van der Waals surface area contributed by atoms with E-state index in [0.29, 0.717) is 19.6 Å². The van der Waals surface area contributed by atoms with Gasteiger partial charge in [0, 0.05) is 32.0 Å². The third-order valence-electron chi connectivity index (χ3n) is 3.66. The minimum atomic E-state index is -0.0900. The number of nitrogens with zero attached hydrogens (tertiary/aromatic N) is 2. The number of phenols is 1. The van der Waals surface area contributed by atoms with Crippen LogP contribution in [-0.2, 0) is 19.5 Å². The van der Waals surface area contributed by atoms with E-state index in [9.17, 15) is 9.90 Å². The first kappa shape index (κ1) is 13.4. The van der Waals surface area contributed by atoms with Crippen molar-refractivity contribution >= 4 is 6.03 Å². The predicted molar refractivity (Wildman–Crippen MR) is 78.7 cm³/mol. The Bertz CT molecular complexity index is 643. The van der Waals surface area contributed by atoms with Crippen LogP contribution in [0.2, 0.25) is 0 Å². The molecule has 108 valence electrons. The normalized spacial score (nSPS) is 13.6. The van der Waals surface area contributed by atoms with Gasteiger partial charge in [-0.15, -0.1) is 0 Å². The number of amides is 2. The lowest BCUT2D eigenvalue weighted by Gasteiger charge is -2.29. The number of hydrogen-bond acceptors (Lipinski definition) is 3. The molecule has 0 atom stereocenters. The molecular formula is C16H17N3O2. The summed E-state index contributed by atoms with van der Waals surface area (Å²) < 4.78 is 0. The number of urea groups is 1. The van der Waals surface area contributed by atoms with Gasteiger partial charge in [0.15, 0.2) is 0 Å². The van der Waals surface area contributed by atoms with Crippen molar-refractivity contribution in [2.75, 3.05) is 6.54 Å². The minimum absolute atomic E-state index is 0.0900. The molecule has 0 spiro atoms. The van der Waals surface area contributed by atoms with E-state index in [1.165, 1.54) is 5.56 Å². The molecule has 2 amide bonds. The highest BCUT2D eigenvalue weighted by molar-refractivity contribution is 5.74. The SMILES string of the molecule is O=C(NCc1cccnc1)N1CCc2ccc(O)cc2C1. The summed E-state index contributed by atoms with van der Waals surface area (Å²) in [6.07, 6.45) is 4.26. The van der Waals surface area contributed by atoms with Gasteiger partial charge in [-0.2, -0.15) is 0 Å². The second kappa shape index (κ2) is 5.83. The van der Waals surface area contributed by atoms with Gasteiger partial charge in [0.1, 0.15) is 5.75 Å². The quantitative estimate of drug-likeness (QED) is 0.886. The summed E-state index contributed by atoms with van der Waals surface area (Å²) in [5.74, 6) is 0.242. The molecule has 0 radical (unpaired) electrons. The van der Waals surface area contributed by atoms with Crippen molar-refractivity contribution in [1.82, 2.24) is 15.2 Å². The second-order valence-electron chi connectivity index (χ2n) is 5.14. The van der Waals surface area contributed by atoms with E-state index in [1.54, 1.807) is 29.4 Å². The monoisotopic (exact) mass is 283 g/mol. The van der Waals surface area contributed by atoms with E-state index in [4.69, 9.17) is 0 Å². The Morgan fingerprint density at radius 2 is 2.24 bits per heavy atom. The smallest absolute Gasteiger partial charge is 0.317 e. The highest BCUT2D eigenvalue weighted by Gasteiger charge is 2.20. The maximum Gasteiger partial charge on any atom is 0.317 e. The number of aromatic nitrogens is 1. The number of phenolic OH excluding ortho intramolecular Hbond substituents is 1. The van der Waals surface area contributed by atoms with Gasteiger partial charge in [-0.1, -0.05) is 12.1 Å². The van der Waals surface area contributed by atoms with Gasteiger partial charge in [-0.05, 0) is 41.3 Å².